The van der Waals surface area contributed by atoms with Crippen LogP contribution in [0, 0.1) is 5.92 Å². The number of fused-ring (bicyclic) bond motifs is 1. The first-order valence-electron chi connectivity index (χ1n) is 21.7. The number of amides is 4. The summed E-state index contributed by atoms with van der Waals surface area (Å²) < 4.78 is 4.78. The van der Waals surface area contributed by atoms with Crippen LogP contribution in [0.2, 0.25) is 0 Å². The number of carbonyl (C=O) groups excluding carboxylic acids is 4. The van der Waals surface area contributed by atoms with Gasteiger partial charge < -0.3 is 40.0 Å². The van der Waals surface area contributed by atoms with Crippen molar-refractivity contribution in [2.24, 2.45) is 5.92 Å². The lowest BCUT2D eigenvalue weighted by molar-refractivity contribution is -0.137. The first-order valence-corrected chi connectivity index (χ1v) is 21.7. The van der Waals surface area contributed by atoms with Crippen LogP contribution in [0.3, 0.4) is 0 Å². The van der Waals surface area contributed by atoms with Gasteiger partial charge in [-0.1, -0.05) is 92.7 Å². The molecular weight excluding hydrogens is 795 g/mol. The Balaban J connectivity index is 0.939. The fourth-order valence-corrected chi connectivity index (χ4v) is 8.84. The topological polar surface area (TPSA) is 169 Å². The highest BCUT2D eigenvalue weighted by molar-refractivity contribution is 5.91. The molecule has 0 bridgehead atoms. The number of benzene rings is 4. The predicted octanol–water partition coefficient (Wildman–Crippen LogP) is 7.41. The van der Waals surface area contributed by atoms with E-state index in [1.165, 1.54) is 7.11 Å². The number of ether oxygens (including phenoxy) is 1. The van der Waals surface area contributed by atoms with Gasteiger partial charge in [-0.05, 0) is 90.9 Å². The largest absolute Gasteiger partial charge is 0.453 e. The molecule has 2 aromatic heterocycles. The molecule has 4 aromatic carbocycles. The molecule has 1 unspecified atom stereocenters. The van der Waals surface area contributed by atoms with Crippen molar-refractivity contribution in [1.29, 1.82) is 0 Å². The van der Waals surface area contributed by atoms with Gasteiger partial charge in [0.25, 0.3) is 0 Å². The maximum absolute atomic E-state index is 14.1. The predicted molar refractivity (Wildman–Crippen MR) is 242 cm³/mol. The number of rotatable bonds is 13. The summed E-state index contributed by atoms with van der Waals surface area (Å²) in [6.45, 7) is 5.17. The number of nitrogens with zero attached hydrogens (tertiary/aromatic N) is 5. The van der Waals surface area contributed by atoms with Crippen LogP contribution in [-0.4, -0.2) is 105 Å². The minimum Gasteiger partial charge on any atom is -0.453 e. The highest BCUT2D eigenvalue weighted by atomic mass is 16.5. The Bertz CT molecular complexity index is 2580. The molecule has 0 aliphatic carbocycles. The second kappa shape index (κ2) is 18.7. The standard InChI is InChI=1S/C49H55N9O5/c1-30(2)43(55-49(62)63-5)47(60)57-23-9-13-40(57)46-51-28-39(53-46)37-22-21-35-25-34(19-20-36(35)26-37)31-15-17-32(18-16-31)38-27-50-45(52-38)41-14-10-24-58(41)48(61)44(33-11-7-6-8-12-33)54-42(59)29-56(3)4/h6-8,11-12,15-22,25-28,30,40-41,43-44H,9-10,13-14,23-24,29H2,1-5H3,(H,50,52)(H,51,53)(H,54,59)(H,55,62)/t40-,41-,43?,44+/m0/s1. The Morgan fingerprint density at radius 2 is 1.25 bits per heavy atom. The van der Waals surface area contributed by atoms with Crippen molar-refractivity contribution in [1.82, 2.24) is 45.3 Å². The third kappa shape index (κ3) is 9.36. The second-order valence-corrected chi connectivity index (χ2v) is 17.1. The van der Waals surface area contributed by atoms with E-state index in [1.807, 2.05) is 80.5 Å². The number of hydrogen-bond acceptors (Lipinski definition) is 8. The molecule has 4 N–H and O–H groups in total. The summed E-state index contributed by atoms with van der Waals surface area (Å²) in [4.78, 5) is 74.5. The number of likely N-dealkylation sites (N-methyl/N-ethyl adjacent to an activating group) is 1. The number of aromatic amines is 2. The molecular formula is C49H55N9O5. The number of methoxy groups -OCH3 is 1. The molecule has 4 amide bonds. The van der Waals surface area contributed by atoms with Gasteiger partial charge in [0.1, 0.15) is 23.7 Å². The van der Waals surface area contributed by atoms with Crippen LogP contribution in [0.4, 0.5) is 4.79 Å². The first-order chi connectivity index (χ1) is 30.5. The van der Waals surface area contributed by atoms with Crippen LogP contribution in [0.15, 0.2) is 103 Å². The maximum Gasteiger partial charge on any atom is 0.407 e. The van der Waals surface area contributed by atoms with Crippen molar-refractivity contribution in [2.75, 3.05) is 40.8 Å². The van der Waals surface area contributed by atoms with Gasteiger partial charge >= 0.3 is 6.09 Å². The van der Waals surface area contributed by atoms with E-state index in [4.69, 9.17) is 14.7 Å². The lowest BCUT2D eigenvalue weighted by Gasteiger charge is -2.30. The molecule has 4 atom stereocenters. The molecule has 2 aliphatic rings. The molecule has 8 rings (SSSR count). The van der Waals surface area contributed by atoms with Crippen LogP contribution >= 0.6 is 0 Å². The Kier molecular flexibility index (Phi) is 12.7. The summed E-state index contributed by atoms with van der Waals surface area (Å²) in [5.74, 6) is 0.858. The molecule has 14 nitrogen and oxygen atoms in total. The fraction of sp³-hybridized carbons (Fsp3) is 0.347. The summed E-state index contributed by atoms with van der Waals surface area (Å²) in [7, 11) is 4.95. The van der Waals surface area contributed by atoms with Gasteiger partial charge in [0.05, 0.1) is 49.5 Å². The van der Waals surface area contributed by atoms with Crippen molar-refractivity contribution < 1.29 is 23.9 Å². The third-order valence-electron chi connectivity index (χ3n) is 12.1. The molecule has 2 fully saturated rings. The summed E-state index contributed by atoms with van der Waals surface area (Å²) in [6, 6.07) is 28.6. The Labute approximate surface area is 367 Å². The molecule has 6 aromatic rings. The molecule has 0 spiro atoms. The van der Waals surface area contributed by atoms with Crippen molar-refractivity contribution in [3.8, 4) is 33.6 Å². The summed E-state index contributed by atoms with van der Waals surface area (Å²) in [5.41, 5.74) is 6.63. The monoisotopic (exact) mass is 849 g/mol. The molecule has 14 heteroatoms. The van der Waals surface area contributed by atoms with Gasteiger partial charge in [-0.3, -0.25) is 14.4 Å². The maximum atomic E-state index is 14.1. The second-order valence-electron chi connectivity index (χ2n) is 17.1. The number of hydrogen-bond donors (Lipinski definition) is 4. The van der Waals surface area contributed by atoms with Gasteiger partial charge in [-0.2, -0.15) is 0 Å². The average Bonchev–Trinajstić information content (AvgIpc) is 4.14. The van der Waals surface area contributed by atoms with Crippen molar-refractivity contribution >= 4 is 34.6 Å². The van der Waals surface area contributed by atoms with Crippen LogP contribution < -0.4 is 10.6 Å². The summed E-state index contributed by atoms with van der Waals surface area (Å²) in [6.07, 6.45) is 6.27. The minimum absolute atomic E-state index is 0.107. The lowest BCUT2D eigenvalue weighted by atomic mass is 9.98. The van der Waals surface area contributed by atoms with E-state index in [0.717, 1.165) is 87.3 Å². The number of aromatic nitrogens is 4. The Morgan fingerprint density at radius 1 is 0.714 bits per heavy atom. The number of carbonyl (C=O) groups is 4. The summed E-state index contributed by atoms with van der Waals surface area (Å²) in [5, 5.41) is 7.88. The minimum atomic E-state index is -0.792. The van der Waals surface area contributed by atoms with Crippen molar-refractivity contribution in [3.63, 3.8) is 0 Å². The number of H-pyrrole nitrogens is 2. The molecule has 2 saturated heterocycles. The van der Waals surface area contributed by atoms with E-state index in [1.54, 1.807) is 4.90 Å². The highest BCUT2D eigenvalue weighted by Gasteiger charge is 2.38. The zero-order chi connectivity index (χ0) is 44.2. The van der Waals surface area contributed by atoms with Gasteiger partial charge in [0.15, 0.2) is 0 Å². The van der Waals surface area contributed by atoms with E-state index in [-0.39, 0.29) is 42.3 Å². The first kappa shape index (κ1) is 42.9. The number of imidazole rings is 2. The lowest BCUT2D eigenvalue weighted by Crippen LogP contribution is -2.51. The van der Waals surface area contributed by atoms with Gasteiger partial charge in [-0.15, -0.1) is 0 Å². The zero-order valence-electron chi connectivity index (χ0n) is 36.4. The van der Waals surface area contributed by atoms with E-state index in [9.17, 15) is 19.2 Å². The van der Waals surface area contributed by atoms with E-state index >= 15 is 0 Å². The molecule has 4 heterocycles. The van der Waals surface area contributed by atoms with E-state index in [0.29, 0.717) is 13.1 Å². The zero-order valence-corrected chi connectivity index (χ0v) is 36.4. The van der Waals surface area contributed by atoms with E-state index < -0.39 is 18.2 Å². The number of likely N-dealkylation sites (tertiary alicyclic amines) is 2. The highest BCUT2D eigenvalue weighted by Crippen LogP contribution is 2.36. The fourth-order valence-electron chi connectivity index (χ4n) is 8.84. The van der Waals surface area contributed by atoms with Gasteiger partial charge in [-0.25, -0.2) is 14.8 Å². The summed E-state index contributed by atoms with van der Waals surface area (Å²) >= 11 is 0. The molecule has 0 radical (unpaired) electrons. The average molecular weight is 850 g/mol. The molecule has 63 heavy (non-hydrogen) atoms. The van der Waals surface area contributed by atoms with Crippen molar-refractivity contribution in [2.45, 2.75) is 63.7 Å². The Hall–Kier alpha value is -6.80. The Morgan fingerprint density at radius 3 is 1.84 bits per heavy atom. The number of alkyl carbamates (subject to hydrolysis) is 1. The van der Waals surface area contributed by atoms with Crippen LogP contribution in [0.1, 0.15) is 74.9 Å². The SMILES string of the molecule is COC(=O)NC(C(=O)N1CCC[C@H]1c1ncc(-c2ccc3cc(-c4ccc(-c5cnc([C@@H]6CCCN6C(=O)[C@H](NC(=O)CN(C)C)c6ccccc6)[nH]5)cc4)ccc3c2)[nH]1)C(C)C. The van der Waals surface area contributed by atoms with Crippen LogP contribution in [-0.2, 0) is 19.1 Å². The van der Waals surface area contributed by atoms with Gasteiger partial charge in [0.2, 0.25) is 17.7 Å². The normalized spacial score (nSPS) is 17.3. The number of nitrogens with one attached hydrogen (secondary N) is 4. The quantitative estimate of drug-likeness (QED) is 0.0932. The molecule has 326 valence electrons. The van der Waals surface area contributed by atoms with Crippen LogP contribution in [0.25, 0.3) is 44.4 Å². The molecule has 0 saturated carbocycles. The smallest absolute Gasteiger partial charge is 0.407 e. The van der Waals surface area contributed by atoms with Gasteiger partial charge in [0, 0.05) is 18.7 Å². The van der Waals surface area contributed by atoms with E-state index in [2.05, 4.69) is 81.3 Å². The molecule has 2 aliphatic heterocycles. The van der Waals surface area contributed by atoms with Crippen LogP contribution in [0.5, 0.6) is 0 Å². The van der Waals surface area contributed by atoms with Crippen molar-refractivity contribution in [3.05, 3.63) is 121 Å². The third-order valence-corrected chi connectivity index (χ3v) is 12.1.